The van der Waals surface area contributed by atoms with Crippen LogP contribution in [0.2, 0.25) is 0 Å². The van der Waals surface area contributed by atoms with E-state index in [1.54, 1.807) is 31.2 Å². The van der Waals surface area contributed by atoms with Gasteiger partial charge in [-0.3, -0.25) is 9.52 Å². The molecule has 0 aliphatic heterocycles. The summed E-state index contributed by atoms with van der Waals surface area (Å²) in [6, 6.07) is 18.3. The van der Waals surface area contributed by atoms with Crippen LogP contribution in [0.15, 0.2) is 65.6 Å². The second-order valence-electron chi connectivity index (χ2n) is 9.12. The maximum atomic E-state index is 13.1. The van der Waals surface area contributed by atoms with Gasteiger partial charge >= 0.3 is 0 Å². The fourth-order valence-electron chi connectivity index (χ4n) is 4.50. The molecule has 0 heterocycles. The Balaban J connectivity index is 1.55. The highest BCUT2D eigenvalue weighted by Crippen LogP contribution is 2.27. The summed E-state index contributed by atoms with van der Waals surface area (Å²) in [6.45, 7) is 5.71. The Bertz CT molecular complexity index is 1300. The molecule has 0 radical (unpaired) electrons. The number of fused-ring (bicyclic) bond motifs is 1. The SMILES string of the molecule is CC[C@@H](NC(=O)c1ccc(C)c(S(=O)(=O)Nc2ccc(C)cc2)c1)c1ccc2c(c1)CCCC2. The van der Waals surface area contributed by atoms with Crippen molar-refractivity contribution >= 4 is 21.6 Å². The molecule has 0 bridgehead atoms. The van der Waals surface area contributed by atoms with Gasteiger partial charge in [0, 0.05) is 11.3 Å². The third-order valence-corrected chi connectivity index (χ3v) is 8.06. The maximum absolute atomic E-state index is 13.1. The van der Waals surface area contributed by atoms with Crippen molar-refractivity contribution in [2.75, 3.05) is 4.72 Å². The minimum Gasteiger partial charge on any atom is -0.345 e. The fraction of sp³-hybridized carbons (Fsp3) is 0.321. The molecular weight excluding hydrogens is 444 g/mol. The standard InChI is InChI=1S/C28H32N2O3S/c1-4-26(23-14-13-21-7-5-6-8-22(21)17-23)29-28(31)24-12-11-20(3)27(18-24)34(32,33)30-25-15-9-19(2)10-16-25/h9-18,26,30H,4-8H2,1-3H3,(H,29,31)/t26-/m1/s1. The second kappa shape index (κ2) is 10.0. The van der Waals surface area contributed by atoms with E-state index in [9.17, 15) is 13.2 Å². The fourth-order valence-corrected chi connectivity index (χ4v) is 5.83. The van der Waals surface area contributed by atoms with Crippen LogP contribution in [0, 0.1) is 13.8 Å². The van der Waals surface area contributed by atoms with Crippen molar-refractivity contribution in [1.82, 2.24) is 5.32 Å². The third-order valence-electron chi connectivity index (χ3n) is 6.53. The van der Waals surface area contributed by atoms with Crippen LogP contribution in [-0.4, -0.2) is 14.3 Å². The topological polar surface area (TPSA) is 75.3 Å². The second-order valence-corrected chi connectivity index (χ2v) is 10.8. The lowest BCUT2D eigenvalue weighted by molar-refractivity contribution is 0.0935. The summed E-state index contributed by atoms with van der Waals surface area (Å²) in [4.78, 5) is 13.2. The average Bonchev–Trinajstić information content (AvgIpc) is 2.83. The minimum atomic E-state index is -3.84. The normalized spacial score (nSPS) is 14.2. The number of hydrogen-bond donors (Lipinski definition) is 2. The number of nitrogens with one attached hydrogen (secondary N) is 2. The Morgan fingerprint density at radius 3 is 2.32 bits per heavy atom. The molecule has 34 heavy (non-hydrogen) atoms. The van der Waals surface area contributed by atoms with Crippen molar-refractivity contribution in [2.45, 2.75) is 63.8 Å². The molecule has 0 spiro atoms. The van der Waals surface area contributed by atoms with Crippen molar-refractivity contribution in [3.63, 3.8) is 0 Å². The maximum Gasteiger partial charge on any atom is 0.262 e. The summed E-state index contributed by atoms with van der Waals surface area (Å²) in [5.74, 6) is -0.281. The third kappa shape index (κ3) is 5.33. The number of carbonyl (C=O) groups excluding carboxylic acids is 1. The number of hydrogen-bond acceptors (Lipinski definition) is 3. The first-order valence-corrected chi connectivity index (χ1v) is 13.4. The smallest absolute Gasteiger partial charge is 0.262 e. The Morgan fingerprint density at radius 2 is 1.62 bits per heavy atom. The van der Waals surface area contributed by atoms with Gasteiger partial charge in [0.2, 0.25) is 0 Å². The molecule has 3 aromatic rings. The molecule has 178 valence electrons. The largest absolute Gasteiger partial charge is 0.345 e. The van der Waals surface area contributed by atoms with Crippen LogP contribution in [0.3, 0.4) is 0 Å². The van der Waals surface area contributed by atoms with Gasteiger partial charge in [-0.2, -0.15) is 0 Å². The number of amides is 1. The van der Waals surface area contributed by atoms with Gasteiger partial charge in [0.05, 0.1) is 10.9 Å². The van der Waals surface area contributed by atoms with Crippen LogP contribution in [-0.2, 0) is 22.9 Å². The summed E-state index contributed by atoms with van der Waals surface area (Å²) >= 11 is 0. The van der Waals surface area contributed by atoms with Crippen LogP contribution in [0.1, 0.15) is 70.4 Å². The van der Waals surface area contributed by atoms with Crippen LogP contribution in [0.25, 0.3) is 0 Å². The summed E-state index contributed by atoms with van der Waals surface area (Å²) in [5, 5.41) is 3.11. The van der Waals surface area contributed by atoms with Gasteiger partial charge < -0.3 is 5.32 Å². The van der Waals surface area contributed by atoms with Crippen LogP contribution in [0.5, 0.6) is 0 Å². The summed E-state index contributed by atoms with van der Waals surface area (Å²) in [6.07, 6.45) is 5.39. The molecule has 6 heteroatoms. The molecule has 5 nitrogen and oxygen atoms in total. The molecule has 0 fully saturated rings. The van der Waals surface area contributed by atoms with E-state index in [0.29, 0.717) is 16.8 Å². The number of carbonyl (C=O) groups is 1. The molecule has 1 aliphatic rings. The van der Waals surface area contributed by atoms with Crippen LogP contribution < -0.4 is 10.0 Å². The molecule has 2 N–H and O–H groups in total. The Labute approximate surface area is 202 Å². The van der Waals surface area contributed by atoms with Gasteiger partial charge in [-0.25, -0.2) is 8.42 Å². The van der Waals surface area contributed by atoms with E-state index in [-0.39, 0.29) is 16.8 Å². The zero-order chi connectivity index (χ0) is 24.3. The first-order chi connectivity index (χ1) is 16.3. The molecule has 1 amide bonds. The van der Waals surface area contributed by atoms with Gasteiger partial charge in [0.15, 0.2) is 0 Å². The molecule has 1 aliphatic carbocycles. The molecule has 4 rings (SSSR count). The van der Waals surface area contributed by atoms with Crippen LogP contribution >= 0.6 is 0 Å². The van der Waals surface area contributed by atoms with E-state index in [1.165, 1.54) is 30.0 Å². The van der Waals surface area contributed by atoms with E-state index in [1.807, 2.05) is 26.0 Å². The number of anilines is 1. The zero-order valence-corrected chi connectivity index (χ0v) is 20.8. The lowest BCUT2D eigenvalue weighted by Crippen LogP contribution is -2.28. The zero-order valence-electron chi connectivity index (χ0n) is 20.0. The monoisotopic (exact) mass is 476 g/mol. The van der Waals surface area contributed by atoms with Crippen molar-refractivity contribution in [3.8, 4) is 0 Å². The number of benzene rings is 3. The van der Waals surface area contributed by atoms with E-state index in [4.69, 9.17) is 0 Å². The van der Waals surface area contributed by atoms with Gasteiger partial charge in [-0.05, 0) is 92.5 Å². The average molecular weight is 477 g/mol. The van der Waals surface area contributed by atoms with Crippen molar-refractivity contribution < 1.29 is 13.2 Å². The summed E-state index contributed by atoms with van der Waals surface area (Å²) in [5.41, 5.74) is 6.31. The summed E-state index contributed by atoms with van der Waals surface area (Å²) in [7, 11) is -3.84. The Hall–Kier alpha value is -3.12. The van der Waals surface area contributed by atoms with Crippen molar-refractivity contribution in [1.29, 1.82) is 0 Å². The van der Waals surface area contributed by atoms with Crippen molar-refractivity contribution in [2.24, 2.45) is 0 Å². The Morgan fingerprint density at radius 1 is 0.912 bits per heavy atom. The quantitative estimate of drug-likeness (QED) is 0.448. The first-order valence-electron chi connectivity index (χ1n) is 11.9. The Kier molecular flexibility index (Phi) is 7.08. The molecule has 0 aromatic heterocycles. The first kappa shape index (κ1) is 24.0. The highest BCUT2D eigenvalue weighted by Gasteiger charge is 2.21. The molecular formula is C28H32N2O3S. The highest BCUT2D eigenvalue weighted by molar-refractivity contribution is 7.92. The number of sulfonamides is 1. The van der Waals surface area contributed by atoms with E-state index in [2.05, 4.69) is 28.2 Å². The predicted molar refractivity (Wildman–Crippen MR) is 137 cm³/mol. The van der Waals surface area contributed by atoms with E-state index >= 15 is 0 Å². The van der Waals surface area contributed by atoms with Gasteiger partial charge in [0.25, 0.3) is 15.9 Å². The van der Waals surface area contributed by atoms with Crippen LogP contribution in [0.4, 0.5) is 5.69 Å². The van der Waals surface area contributed by atoms with Gasteiger partial charge in [0.1, 0.15) is 0 Å². The van der Waals surface area contributed by atoms with Crippen molar-refractivity contribution in [3.05, 3.63) is 94.0 Å². The lowest BCUT2D eigenvalue weighted by Gasteiger charge is -2.22. The summed E-state index contributed by atoms with van der Waals surface area (Å²) < 4.78 is 28.8. The predicted octanol–water partition coefficient (Wildman–Crippen LogP) is 5.86. The molecule has 0 saturated carbocycles. The van der Waals surface area contributed by atoms with Gasteiger partial charge in [-0.15, -0.1) is 0 Å². The molecule has 0 saturated heterocycles. The molecule has 1 atom stereocenters. The highest BCUT2D eigenvalue weighted by atomic mass is 32.2. The number of rotatable bonds is 7. The lowest BCUT2D eigenvalue weighted by atomic mass is 9.88. The van der Waals surface area contributed by atoms with Gasteiger partial charge in [-0.1, -0.05) is 48.9 Å². The molecule has 0 unspecified atom stereocenters. The van der Waals surface area contributed by atoms with E-state index < -0.39 is 10.0 Å². The number of aryl methyl sites for hydroxylation is 4. The van der Waals surface area contributed by atoms with E-state index in [0.717, 1.165) is 30.4 Å². The molecule has 3 aromatic carbocycles. The minimum absolute atomic E-state index is 0.0996.